The van der Waals surface area contributed by atoms with Crippen LogP contribution >= 0.6 is 0 Å². The van der Waals surface area contributed by atoms with Crippen molar-refractivity contribution in [3.63, 3.8) is 0 Å². The van der Waals surface area contributed by atoms with Crippen LogP contribution in [0.4, 0.5) is 0 Å². The molecule has 1 aliphatic heterocycles. The smallest absolute Gasteiger partial charge is 0.310 e. The molecule has 4 fully saturated rings. The van der Waals surface area contributed by atoms with E-state index >= 15 is 0 Å². The number of Topliss-reactive ketones (excluding diaryl/α,β-unsaturated/α-hetero) is 1. The minimum Gasteiger partial charge on any atom is -0.465 e. The van der Waals surface area contributed by atoms with E-state index in [1.165, 1.54) is 0 Å². The van der Waals surface area contributed by atoms with Gasteiger partial charge in [0.25, 0.3) is 0 Å². The zero-order chi connectivity index (χ0) is 9.00. The normalized spacial score (nSPS) is 47.7. The van der Waals surface area contributed by atoms with Crippen LogP contribution < -0.4 is 0 Å². The molecule has 3 aliphatic carbocycles. The third-order valence-corrected chi connectivity index (χ3v) is 3.92. The third-order valence-electron chi connectivity index (χ3n) is 3.92. The predicted octanol–water partition coefficient (Wildman–Crippen LogP) is 0.775. The highest BCUT2D eigenvalue weighted by Crippen LogP contribution is 2.50. The molecule has 4 atom stereocenters. The van der Waals surface area contributed by atoms with Crippen molar-refractivity contribution in [2.75, 3.05) is 6.61 Å². The van der Waals surface area contributed by atoms with Crippen molar-refractivity contribution in [1.82, 2.24) is 0 Å². The molecule has 0 aromatic heterocycles. The zero-order valence-electron chi connectivity index (χ0n) is 7.36. The molecule has 2 bridgehead atoms. The Bertz CT molecular complexity index is 282. The molecule has 4 rings (SSSR count). The number of ether oxygens (including phenoxy) is 1. The van der Waals surface area contributed by atoms with Crippen LogP contribution in [0, 0.1) is 23.7 Å². The Morgan fingerprint density at radius 2 is 2.08 bits per heavy atom. The Morgan fingerprint density at radius 3 is 2.85 bits per heavy atom. The van der Waals surface area contributed by atoms with Gasteiger partial charge in [-0.1, -0.05) is 0 Å². The Balaban J connectivity index is 1.99. The second-order valence-corrected chi connectivity index (χ2v) is 4.43. The van der Waals surface area contributed by atoms with Crippen LogP contribution in [0.3, 0.4) is 0 Å². The summed E-state index contributed by atoms with van der Waals surface area (Å²) in [5.74, 6) is 0.923. The SMILES string of the molecule is O=C1CC2CCC1C1C(=O)OCC21. The Hall–Kier alpha value is -0.860. The van der Waals surface area contributed by atoms with Crippen molar-refractivity contribution >= 4 is 11.8 Å². The monoisotopic (exact) mass is 180 g/mol. The highest BCUT2D eigenvalue weighted by Gasteiger charge is 2.55. The average molecular weight is 180 g/mol. The first kappa shape index (κ1) is 7.54. The highest BCUT2D eigenvalue weighted by molar-refractivity contribution is 5.90. The van der Waals surface area contributed by atoms with Gasteiger partial charge in [0, 0.05) is 18.3 Å². The fourth-order valence-corrected chi connectivity index (χ4v) is 3.26. The molecule has 3 saturated carbocycles. The van der Waals surface area contributed by atoms with Crippen molar-refractivity contribution in [3.8, 4) is 0 Å². The van der Waals surface area contributed by atoms with Gasteiger partial charge in [-0.3, -0.25) is 9.59 Å². The second-order valence-electron chi connectivity index (χ2n) is 4.43. The lowest BCUT2D eigenvalue weighted by molar-refractivity contribution is -0.149. The first-order chi connectivity index (χ1) is 6.27. The van der Waals surface area contributed by atoms with Gasteiger partial charge in [-0.05, 0) is 18.8 Å². The van der Waals surface area contributed by atoms with Crippen LogP contribution in [0.2, 0.25) is 0 Å². The number of esters is 1. The first-order valence-corrected chi connectivity index (χ1v) is 4.96. The first-order valence-electron chi connectivity index (χ1n) is 4.96. The molecule has 13 heavy (non-hydrogen) atoms. The van der Waals surface area contributed by atoms with Gasteiger partial charge < -0.3 is 4.74 Å². The summed E-state index contributed by atoms with van der Waals surface area (Å²) in [4.78, 5) is 22.9. The zero-order valence-corrected chi connectivity index (χ0v) is 7.36. The van der Waals surface area contributed by atoms with E-state index < -0.39 is 0 Å². The minimum atomic E-state index is -0.118. The number of carbonyl (C=O) groups is 2. The molecule has 0 radical (unpaired) electrons. The van der Waals surface area contributed by atoms with Crippen LogP contribution in [-0.4, -0.2) is 18.4 Å². The molecule has 1 saturated heterocycles. The molecule has 70 valence electrons. The maximum absolute atomic E-state index is 11.5. The second kappa shape index (κ2) is 2.34. The quantitative estimate of drug-likeness (QED) is 0.517. The molecule has 0 amide bonds. The summed E-state index contributed by atoms with van der Waals surface area (Å²) >= 11 is 0. The third kappa shape index (κ3) is 0.847. The molecule has 0 aromatic rings. The Morgan fingerprint density at radius 1 is 1.23 bits per heavy atom. The molecular weight excluding hydrogens is 168 g/mol. The van der Waals surface area contributed by atoms with Gasteiger partial charge >= 0.3 is 5.97 Å². The summed E-state index contributed by atoms with van der Waals surface area (Å²) < 4.78 is 5.04. The summed E-state index contributed by atoms with van der Waals surface area (Å²) in [6.45, 7) is 0.567. The van der Waals surface area contributed by atoms with Gasteiger partial charge in [-0.2, -0.15) is 0 Å². The summed E-state index contributed by atoms with van der Waals surface area (Å²) in [6.07, 6.45) is 2.73. The molecule has 0 aromatic carbocycles. The largest absolute Gasteiger partial charge is 0.465 e. The standard InChI is InChI=1S/C10H12O3/c11-8-3-5-1-2-6(8)9-7(5)4-13-10(9)12/h5-7,9H,1-4H2. The lowest BCUT2D eigenvalue weighted by atomic mass is 9.59. The number of ketones is 1. The number of hydrogen-bond acceptors (Lipinski definition) is 3. The van der Waals surface area contributed by atoms with Gasteiger partial charge in [0.15, 0.2) is 0 Å². The van der Waals surface area contributed by atoms with Crippen molar-refractivity contribution in [2.24, 2.45) is 23.7 Å². The topological polar surface area (TPSA) is 43.4 Å². The molecular formula is C10H12O3. The lowest BCUT2D eigenvalue weighted by Gasteiger charge is -2.41. The number of hydrogen-bond donors (Lipinski definition) is 0. The number of carbonyl (C=O) groups excluding carboxylic acids is 2. The van der Waals surface area contributed by atoms with Gasteiger partial charge in [0.1, 0.15) is 5.78 Å². The van der Waals surface area contributed by atoms with Crippen molar-refractivity contribution in [2.45, 2.75) is 19.3 Å². The van der Waals surface area contributed by atoms with Crippen molar-refractivity contribution < 1.29 is 14.3 Å². The van der Waals surface area contributed by atoms with E-state index in [1.807, 2.05) is 0 Å². The highest BCUT2D eigenvalue weighted by atomic mass is 16.5. The van der Waals surface area contributed by atoms with Crippen molar-refractivity contribution in [1.29, 1.82) is 0 Å². The number of cyclic esters (lactones) is 1. The molecule has 0 N–H and O–H groups in total. The molecule has 0 spiro atoms. The van der Waals surface area contributed by atoms with E-state index in [4.69, 9.17) is 4.74 Å². The van der Waals surface area contributed by atoms with Gasteiger partial charge in [-0.25, -0.2) is 0 Å². The summed E-state index contributed by atoms with van der Waals surface area (Å²) in [5, 5.41) is 0. The number of fused-ring (bicyclic) bond motifs is 2. The van der Waals surface area contributed by atoms with Crippen LogP contribution in [0.25, 0.3) is 0 Å². The fourth-order valence-electron chi connectivity index (χ4n) is 3.26. The summed E-state index contributed by atoms with van der Waals surface area (Å²) in [6, 6.07) is 0. The van der Waals surface area contributed by atoms with E-state index in [2.05, 4.69) is 0 Å². The fraction of sp³-hybridized carbons (Fsp3) is 0.800. The molecule has 4 aliphatic rings. The Kier molecular flexibility index (Phi) is 1.35. The van der Waals surface area contributed by atoms with Crippen LogP contribution in [0.15, 0.2) is 0 Å². The maximum Gasteiger partial charge on any atom is 0.310 e. The van der Waals surface area contributed by atoms with E-state index in [1.54, 1.807) is 0 Å². The van der Waals surface area contributed by atoms with Crippen molar-refractivity contribution in [3.05, 3.63) is 0 Å². The van der Waals surface area contributed by atoms with Gasteiger partial charge in [0.05, 0.1) is 12.5 Å². The van der Waals surface area contributed by atoms with Crippen LogP contribution in [0.5, 0.6) is 0 Å². The molecule has 4 unspecified atom stereocenters. The minimum absolute atomic E-state index is 0.00463. The van der Waals surface area contributed by atoms with E-state index in [0.717, 1.165) is 12.8 Å². The molecule has 3 heteroatoms. The summed E-state index contributed by atoms with van der Waals surface area (Å²) in [7, 11) is 0. The van der Waals surface area contributed by atoms with Crippen LogP contribution in [0.1, 0.15) is 19.3 Å². The van der Waals surface area contributed by atoms with Crippen LogP contribution in [-0.2, 0) is 14.3 Å². The van der Waals surface area contributed by atoms with E-state index in [-0.39, 0.29) is 17.8 Å². The lowest BCUT2D eigenvalue weighted by Crippen LogP contribution is -2.45. The molecule has 3 nitrogen and oxygen atoms in total. The Labute approximate surface area is 76.4 Å². The van der Waals surface area contributed by atoms with E-state index in [9.17, 15) is 9.59 Å². The molecule has 1 heterocycles. The predicted molar refractivity (Wildman–Crippen MR) is 43.8 cm³/mol. The van der Waals surface area contributed by atoms with Gasteiger partial charge in [-0.15, -0.1) is 0 Å². The van der Waals surface area contributed by atoms with Gasteiger partial charge in [0.2, 0.25) is 0 Å². The number of rotatable bonds is 0. The maximum atomic E-state index is 11.5. The average Bonchev–Trinajstić information content (AvgIpc) is 2.51. The van der Waals surface area contributed by atoms with E-state index in [0.29, 0.717) is 30.6 Å². The summed E-state index contributed by atoms with van der Waals surface area (Å²) in [5.41, 5.74) is 0.